The Bertz CT molecular complexity index is 1020. The Balaban J connectivity index is 1.76. The zero-order chi connectivity index (χ0) is 17.1. The van der Waals surface area contributed by atoms with Crippen molar-refractivity contribution < 1.29 is 4.42 Å². The van der Waals surface area contributed by atoms with Crippen LogP contribution in [0.15, 0.2) is 82.5 Å². The highest BCUT2D eigenvalue weighted by Gasteiger charge is 2.09. The molecule has 4 aromatic rings. The quantitative estimate of drug-likeness (QED) is 0.435. The molecule has 5 nitrogen and oxygen atoms in total. The van der Waals surface area contributed by atoms with Gasteiger partial charge < -0.3 is 4.42 Å². The molecule has 0 aliphatic rings. The molecule has 0 atom stereocenters. The SMILES string of the molecule is CC(=NNc1nc(-c2ccccc2)c2ccccc2n1)c1ccco1. The van der Waals surface area contributed by atoms with Crippen molar-refractivity contribution in [2.75, 3.05) is 5.43 Å². The van der Waals surface area contributed by atoms with E-state index in [1.165, 1.54) is 0 Å². The van der Waals surface area contributed by atoms with Gasteiger partial charge in [0, 0.05) is 10.9 Å². The van der Waals surface area contributed by atoms with Gasteiger partial charge in [0.2, 0.25) is 5.95 Å². The first-order valence-corrected chi connectivity index (χ1v) is 7.97. The fourth-order valence-electron chi connectivity index (χ4n) is 2.62. The largest absolute Gasteiger partial charge is 0.463 e. The molecule has 0 amide bonds. The number of furan rings is 1. The minimum Gasteiger partial charge on any atom is -0.463 e. The lowest BCUT2D eigenvalue weighted by Gasteiger charge is -2.08. The summed E-state index contributed by atoms with van der Waals surface area (Å²) in [7, 11) is 0. The Kier molecular flexibility index (Phi) is 3.96. The number of hydrogen-bond donors (Lipinski definition) is 1. The van der Waals surface area contributed by atoms with Crippen LogP contribution < -0.4 is 5.43 Å². The standard InChI is InChI=1S/C20H16N4O/c1-14(18-12-7-13-25-18)23-24-20-21-17-11-6-5-10-16(17)19(22-20)15-8-3-2-4-9-15/h2-13H,1H3,(H,21,22,24). The van der Waals surface area contributed by atoms with E-state index >= 15 is 0 Å². The number of hydrogen-bond acceptors (Lipinski definition) is 5. The van der Waals surface area contributed by atoms with E-state index in [1.54, 1.807) is 6.26 Å². The van der Waals surface area contributed by atoms with Gasteiger partial charge in [-0.05, 0) is 25.1 Å². The van der Waals surface area contributed by atoms with Crippen LogP contribution in [0.5, 0.6) is 0 Å². The summed E-state index contributed by atoms with van der Waals surface area (Å²) in [5, 5.41) is 5.33. The van der Waals surface area contributed by atoms with E-state index in [2.05, 4.69) is 20.5 Å². The van der Waals surface area contributed by atoms with Crippen molar-refractivity contribution >= 4 is 22.6 Å². The van der Waals surface area contributed by atoms with Gasteiger partial charge in [0.1, 0.15) is 11.5 Å². The van der Waals surface area contributed by atoms with Gasteiger partial charge in [-0.1, -0.05) is 48.5 Å². The molecule has 0 radical (unpaired) electrons. The Morgan fingerprint density at radius 2 is 1.72 bits per heavy atom. The average molecular weight is 328 g/mol. The Morgan fingerprint density at radius 3 is 2.52 bits per heavy atom. The van der Waals surface area contributed by atoms with Crippen molar-refractivity contribution in [1.82, 2.24) is 9.97 Å². The van der Waals surface area contributed by atoms with Gasteiger partial charge in [-0.3, -0.25) is 0 Å². The smallest absolute Gasteiger partial charge is 0.244 e. The second kappa shape index (κ2) is 6.57. The minimum absolute atomic E-state index is 0.448. The first-order chi connectivity index (χ1) is 12.3. The zero-order valence-electron chi connectivity index (χ0n) is 13.7. The molecule has 4 rings (SSSR count). The highest BCUT2D eigenvalue weighted by molar-refractivity contribution is 5.96. The molecule has 25 heavy (non-hydrogen) atoms. The van der Waals surface area contributed by atoms with Crippen LogP contribution in [0.1, 0.15) is 12.7 Å². The molecule has 1 N–H and O–H groups in total. The molecule has 2 aromatic carbocycles. The summed E-state index contributed by atoms with van der Waals surface area (Å²) < 4.78 is 5.34. The van der Waals surface area contributed by atoms with Crippen LogP contribution >= 0.6 is 0 Å². The zero-order valence-corrected chi connectivity index (χ0v) is 13.7. The van der Waals surface area contributed by atoms with Gasteiger partial charge in [0.05, 0.1) is 17.5 Å². The number of nitrogens with one attached hydrogen (secondary N) is 1. The maximum atomic E-state index is 5.34. The predicted molar refractivity (Wildman–Crippen MR) is 99.5 cm³/mol. The Morgan fingerprint density at radius 1 is 0.920 bits per heavy atom. The van der Waals surface area contributed by atoms with Crippen LogP contribution in [-0.2, 0) is 0 Å². The molecule has 2 heterocycles. The minimum atomic E-state index is 0.448. The Hall–Kier alpha value is -3.47. The third-order valence-electron chi connectivity index (χ3n) is 3.85. The number of anilines is 1. The fourth-order valence-corrected chi connectivity index (χ4v) is 2.62. The number of rotatable bonds is 4. The average Bonchev–Trinajstić information content (AvgIpc) is 3.21. The fraction of sp³-hybridized carbons (Fsp3) is 0.0500. The molecule has 0 saturated heterocycles. The van der Waals surface area contributed by atoms with Crippen molar-refractivity contribution in [1.29, 1.82) is 0 Å². The molecule has 122 valence electrons. The highest BCUT2D eigenvalue weighted by Crippen LogP contribution is 2.27. The van der Waals surface area contributed by atoms with E-state index in [9.17, 15) is 0 Å². The van der Waals surface area contributed by atoms with Crippen molar-refractivity contribution in [2.45, 2.75) is 6.92 Å². The van der Waals surface area contributed by atoms with E-state index in [0.29, 0.717) is 11.7 Å². The molecular formula is C20H16N4O. The molecule has 0 fully saturated rings. The molecule has 0 saturated carbocycles. The van der Waals surface area contributed by atoms with Gasteiger partial charge in [-0.25, -0.2) is 15.4 Å². The van der Waals surface area contributed by atoms with Crippen molar-refractivity contribution in [3.05, 3.63) is 78.8 Å². The number of para-hydroxylation sites is 1. The van der Waals surface area contributed by atoms with Gasteiger partial charge in [-0.2, -0.15) is 5.10 Å². The maximum Gasteiger partial charge on any atom is 0.244 e. The third kappa shape index (κ3) is 3.12. The number of nitrogens with zero attached hydrogens (tertiary/aromatic N) is 3. The molecule has 0 bridgehead atoms. The van der Waals surface area contributed by atoms with E-state index in [-0.39, 0.29) is 0 Å². The lowest BCUT2D eigenvalue weighted by atomic mass is 10.1. The van der Waals surface area contributed by atoms with Crippen molar-refractivity contribution in [2.24, 2.45) is 5.10 Å². The second-order valence-corrected chi connectivity index (χ2v) is 5.57. The molecule has 0 aliphatic heterocycles. The topological polar surface area (TPSA) is 63.3 Å². The van der Waals surface area contributed by atoms with Gasteiger partial charge in [0.15, 0.2) is 0 Å². The predicted octanol–water partition coefficient (Wildman–Crippen LogP) is 4.73. The van der Waals surface area contributed by atoms with Gasteiger partial charge >= 0.3 is 0 Å². The maximum absolute atomic E-state index is 5.34. The molecule has 0 spiro atoms. The van der Waals surface area contributed by atoms with E-state index < -0.39 is 0 Å². The number of hydrazone groups is 1. The summed E-state index contributed by atoms with van der Waals surface area (Å²) in [5.74, 6) is 1.15. The summed E-state index contributed by atoms with van der Waals surface area (Å²) in [4.78, 5) is 9.22. The number of benzene rings is 2. The first-order valence-electron chi connectivity index (χ1n) is 7.97. The molecular weight excluding hydrogens is 312 g/mol. The summed E-state index contributed by atoms with van der Waals surface area (Å²) in [6.07, 6.45) is 1.62. The summed E-state index contributed by atoms with van der Waals surface area (Å²) in [5.41, 5.74) is 6.44. The summed E-state index contributed by atoms with van der Waals surface area (Å²) in [6, 6.07) is 21.7. The van der Waals surface area contributed by atoms with E-state index in [4.69, 9.17) is 4.42 Å². The molecule has 2 aromatic heterocycles. The highest BCUT2D eigenvalue weighted by atomic mass is 16.3. The number of aromatic nitrogens is 2. The van der Waals surface area contributed by atoms with Crippen LogP contribution in [0.3, 0.4) is 0 Å². The molecule has 0 unspecified atom stereocenters. The normalized spacial score (nSPS) is 11.6. The van der Waals surface area contributed by atoms with E-state index in [1.807, 2.05) is 73.7 Å². The van der Waals surface area contributed by atoms with Crippen molar-refractivity contribution in [3.63, 3.8) is 0 Å². The van der Waals surface area contributed by atoms with E-state index in [0.717, 1.165) is 27.9 Å². The van der Waals surface area contributed by atoms with Gasteiger partial charge in [-0.15, -0.1) is 0 Å². The van der Waals surface area contributed by atoms with Crippen LogP contribution in [0.2, 0.25) is 0 Å². The van der Waals surface area contributed by atoms with Crippen LogP contribution in [-0.4, -0.2) is 15.7 Å². The van der Waals surface area contributed by atoms with Crippen LogP contribution in [0.4, 0.5) is 5.95 Å². The van der Waals surface area contributed by atoms with Crippen molar-refractivity contribution in [3.8, 4) is 11.3 Å². The monoisotopic (exact) mass is 328 g/mol. The lowest BCUT2D eigenvalue weighted by Crippen LogP contribution is -2.03. The number of fused-ring (bicyclic) bond motifs is 1. The lowest BCUT2D eigenvalue weighted by molar-refractivity contribution is 0.557. The van der Waals surface area contributed by atoms with Crippen LogP contribution in [0, 0.1) is 0 Å². The third-order valence-corrected chi connectivity index (χ3v) is 3.85. The van der Waals surface area contributed by atoms with Gasteiger partial charge in [0.25, 0.3) is 0 Å². The van der Waals surface area contributed by atoms with Crippen LogP contribution in [0.25, 0.3) is 22.2 Å². The summed E-state index contributed by atoms with van der Waals surface area (Å²) >= 11 is 0. The molecule has 0 aliphatic carbocycles. The summed E-state index contributed by atoms with van der Waals surface area (Å²) in [6.45, 7) is 1.87. The first kappa shape index (κ1) is 15.1. The molecule has 5 heteroatoms. The Labute approximate surface area is 145 Å². The second-order valence-electron chi connectivity index (χ2n) is 5.57.